The van der Waals surface area contributed by atoms with Gasteiger partial charge in [-0.3, -0.25) is 4.79 Å². The molecule has 1 amide bonds. The maximum atomic E-state index is 12.1. The highest BCUT2D eigenvalue weighted by Gasteiger charge is 2.18. The average molecular weight is 244 g/mol. The molecule has 1 aromatic carbocycles. The molecule has 1 aliphatic rings. The van der Waals surface area contributed by atoms with Crippen LogP contribution in [0.4, 0.5) is 0 Å². The van der Waals surface area contributed by atoms with Gasteiger partial charge < -0.3 is 15.0 Å². The number of carbonyl (C=O) groups excluding carboxylic acids is 1. The zero-order valence-electron chi connectivity index (χ0n) is 10.1. The van der Waals surface area contributed by atoms with Crippen molar-refractivity contribution >= 4 is 16.8 Å². The van der Waals surface area contributed by atoms with E-state index in [1.807, 2.05) is 30.3 Å². The van der Waals surface area contributed by atoms with Gasteiger partial charge in [0.25, 0.3) is 5.91 Å². The molecule has 94 valence electrons. The molecule has 1 saturated heterocycles. The zero-order valence-corrected chi connectivity index (χ0v) is 10.1. The third-order valence-electron chi connectivity index (χ3n) is 3.27. The van der Waals surface area contributed by atoms with Crippen molar-refractivity contribution < 1.29 is 9.53 Å². The molecule has 2 aromatic rings. The number of hydrogen-bond acceptors (Lipinski definition) is 2. The molecule has 0 aliphatic carbocycles. The van der Waals surface area contributed by atoms with Gasteiger partial charge in [-0.05, 0) is 25.0 Å². The summed E-state index contributed by atoms with van der Waals surface area (Å²) < 4.78 is 5.35. The van der Waals surface area contributed by atoms with Crippen LogP contribution in [0.5, 0.6) is 0 Å². The predicted octanol–water partition coefficient (Wildman–Crippen LogP) is 2.08. The highest BCUT2D eigenvalue weighted by atomic mass is 16.5. The van der Waals surface area contributed by atoms with E-state index in [2.05, 4.69) is 10.3 Å². The van der Waals surface area contributed by atoms with Crippen LogP contribution in [0, 0.1) is 0 Å². The lowest BCUT2D eigenvalue weighted by atomic mass is 10.1. The Morgan fingerprint density at radius 3 is 3.06 bits per heavy atom. The number of carbonyl (C=O) groups is 1. The summed E-state index contributed by atoms with van der Waals surface area (Å²) in [4.78, 5) is 15.2. The van der Waals surface area contributed by atoms with E-state index in [4.69, 9.17) is 4.74 Å². The van der Waals surface area contributed by atoms with Gasteiger partial charge in [0, 0.05) is 17.5 Å². The molecule has 4 heteroatoms. The number of H-pyrrole nitrogens is 1. The van der Waals surface area contributed by atoms with Gasteiger partial charge in [-0.15, -0.1) is 0 Å². The van der Waals surface area contributed by atoms with Gasteiger partial charge in [0.05, 0.1) is 12.6 Å². The first kappa shape index (κ1) is 11.3. The molecular formula is C14H16N2O2. The van der Waals surface area contributed by atoms with Crippen LogP contribution in [-0.4, -0.2) is 30.1 Å². The summed E-state index contributed by atoms with van der Waals surface area (Å²) in [6, 6.07) is 9.90. The number of amides is 1. The lowest BCUT2D eigenvalue weighted by molar-refractivity contribution is 0.0622. The molecule has 2 heterocycles. The molecule has 1 aliphatic heterocycles. The minimum absolute atomic E-state index is 0.0540. The van der Waals surface area contributed by atoms with Gasteiger partial charge in [-0.1, -0.05) is 18.2 Å². The molecule has 0 spiro atoms. The fourth-order valence-electron chi connectivity index (χ4n) is 2.31. The van der Waals surface area contributed by atoms with E-state index < -0.39 is 0 Å². The number of aromatic amines is 1. The van der Waals surface area contributed by atoms with Crippen LogP contribution in [0.2, 0.25) is 0 Å². The normalized spacial score (nSPS) is 19.9. The van der Waals surface area contributed by atoms with Crippen molar-refractivity contribution in [3.05, 3.63) is 36.0 Å². The predicted molar refractivity (Wildman–Crippen MR) is 69.6 cm³/mol. The second kappa shape index (κ2) is 4.82. The van der Waals surface area contributed by atoms with Gasteiger partial charge in [0.15, 0.2) is 0 Å². The van der Waals surface area contributed by atoms with Gasteiger partial charge in [-0.2, -0.15) is 0 Å². The number of benzene rings is 1. The van der Waals surface area contributed by atoms with E-state index in [1.54, 1.807) is 0 Å². The van der Waals surface area contributed by atoms with E-state index in [-0.39, 0.29) is 11.9 Å². The van der Waals surface area contributed by atoms with E-state index in [1.165, 1.54) is 0 Å². The number of para-hydroxylation sites is 1. The first-order valence-corrected chi connectivity index (χ1v) is 6.29. The van der Waals surface area contributed by atoms with E-state index in [0.29, 0.717) is 12.3 Å². The standard InChI is InChI=1S/C14H16N2O2/c17-14(15-11-5-3-7-18-9-11)13-8-10-4-1-2-6-12(10)16-13/h1-2,4,6,8,11,16H,3,5,7,9H2,(H,15,17). The summed E-state index contributed by atoms with van der Waals surface area (Å²) in [7, 11) is 0. The summed E-state index contributed by atoms with van der Waals surface area (Å²) in [5.74, 6) is -0.0540. The Kier molecular flexibility index (Phi) is 3.02. The summed E-state index contributed by atoms with van der Waals surface area (Å²) in [6.45, 7) is 1.42. The van der Waals surface area contributed by atoms with Crippen molar-refractivity contribution in [2.45, 2.75) is 18.9 Å². The Hall–Kier alpha value is -1.81. The molecule has 0 radical (unpaired) electrons. The van der Waals surface area contributed by atoms with E-state index >= 15 is 0 Å². The first-order chi connectivity index (χ1) is 8.83. The van der Waals surface area contributed by atoms with Gasteiger partial charge in [-0.25, -0.2) is 0 Å². The fraction of sp³-hybridized carbons (Fsp3) is 0.357. The quantitative estimate of drug-likeness (QED) is 0.849. The van der Waals surface area contributed by atoms with Crippen LogP contribution in [0.3, 0.4) is 0 Å². The second-order valence-corrected chi connectivity index (χ2v) is 4.66. The van der Waals surface area contributed by atoms with Crippen LogP contribution < -0.4 is 5.32 Å². The first-order valence-electron chi connectivity index (χ1n) is 6.29. The Morgan fingerprint density at radius 1 is 1.39 bits per heavy atom. The number of aromatic nitrogens is 1. The van der Waals surface area contributed by atoms with Crippen LogP contribution in [-0.2, 0) is 4.74 Å². The van der Waals surface area contributed by atoms with Gasteiger partial charge in [0.1, 0.15) is 5.69 Å². The second-order valence-electron chi connectivity index (χ2n) is 4.66. The summed E-state index contributed by atoms with van der Waals surface area (Å²) in [6.07, 6.45) is 2.00. The van der Waals surface area contributed by atoms with Crippen molar-refractivity contribution in [1.82, 2.24) is 10.3 Å². The Morgan fingerprint density at radius 2 is 2.28 bits per heavy atom. The number of rotatable bonds is 2. The minimum atomic E-state index is -0.0540. The number of hydrogen-bond donors (Lipinski definition) is 2. The number of nitrogens with one attached hydrogen (secondary N) is 2. The lowest BCUT2D eigenvalue weighted by Crippen LogP contribution is -2.40. The molecule has 3 rings (SSSR count). The monoisotopic (exact) mass is 244 g/mol. The lowest BCUT2D eigenvalue weighted by Gasteiger charge is -2.22. The fourth-order valence-corrected chi connectivity index (χ4v) is 2.31. The minimum Gasteiger partial charge on any atom is -0.379 e. The highest BCUT2D eigenvalue weighted by Crippen LogP contribution is 2.15. The molecule has 0 saturated carbocycles. The zero-order chi connectivity index (χ0) is 12.4. The Labute approximate surface area is 105 Å². The molecule has 2 N–H and O–H groups in total. The Bertz CT molecular complexity index is 523. The molecule has 1 aromatic heterocycles. The molecule has 1 fully saturated rings. The Balaban J connectivity index is 1.74. The van der Waals surface area contributed by atoms with E-state index in [9.17, 15) is 4.79 Å². The number of ether oxygens (including phenoxy) is 1. The van der Waals surface area contributed by atoms with Crippen molar-refractivity contribution in [2.24, 2.45) is 0 Å². The van der Waals surface area contributed by atoms with Crippen LogP contribution in [0.15, 0.2) is 30.3 Å². The van der Waals surface area contributed by atoms with Gasteiger partial charge in [0.2, 0.25) is 0 Å². The largest absolute Gasteiger partial charge is 0.379 e. The average Bonchev–Trinajstić information content (AvgIpc) is 2.84. The maximum absolute atomic E-state index is 12.1. The topological polar surface area (TPSA) is 54.1 Å². The van der Waals surface area contributed by atoms with Crippen molar-refractivity contribution in [1.29, 1.82) is 0 Å². The maximum Gasteiger partial charge on any atom is 0.268 e. The van der Waals surface area contributed by atoms with Crippen LogP contribution >= 0.6 is 0 Å². The third kappa shape index (κ3) is 2.24. The summed E-state index contributed by atoms with van der Waals surface area (Å²) in [5.41, 5.74) is 1.60. The van der Waals surface area contributed by atoms with Crippen molar-refractivity contribution in [2.75, 3.05) is 13.2 Å². The van der Waals surface area contributed by atoms with Crippen LogP contribution in [0.25, 0.3) is 10.9 Å². The molecule has 0 bridgehead atoms. The molecule has 18 heavy (non-hydrogen) atoms. The highest BCUT2D eigenvalue weighted by molar-refractivity contribution is 5.98. The van der Waals surface area contributed by atoms with Crippen molar-refractivity contribution in [3.63, 3.8) is 0 Å². The molecule has 1 atom stereocenters. The van der Waals surface area contributed by atoms with Crippen LogP contribution in [0.1, 0.15) is 23.3 Å². The van der Waals surface area contributed by atoms with E-state index in [0.717, 1.165) is 30.4 Å². The molecular weight excluding hydrogens is 228 g/mol. The third-order valence-corrected chi connectivity index (χ3v) is 3.27. The molecule has 4 nitrogen and oxygen atoms in total. The molecule has 1 unspecified atom stereocenters. The number of fused-ring (bicyclic) bond motifs is 1. The summed E-state index contributed by atoms with van der Waals surface area (Å²) >= 11 is 0. The van der Waals surface area contributed by atoms with Crippen molar-refractivity contribution in [3.8, 4) is 0 Å². The smallest absolute Gasteiger partial charge is 0.268 e. The van der Waals surface area contributed by atoms with Gasteiger partial charge >= 0.3 is 0 Å². The SMILES string of the molecule is O=C(NC1CCCOC1)c1cc2ccccc2[nH]1. The summed E-state index contributed by atoms with van der Waals surface area (Å²) in [5, 5.41) is 4.06.